The van der Waals surface area contributed by atoms with Crippen LogP contribution in [0.5, 0.6) is 0 Å². The molecular formula is C25H26F2N8O. The van der Waals surface area contributed by atoms with Crippen LogP contribution in [0, 0.1) is 11.6 Å². The number of nitrogens with zero attached hydrogens (tertiary/aromatic N) is 5. The van der Waals surface area contributed by atoms with Crippen LogP contribution in [0.2, 0.25) is 0 Å². The minimum Gasteiger partial charge on any atom is -0.368 e. The van der Waals surface area contributed by atoms with E-state index in [9.17, 15) is 13.6 Å². The number of carbonyl (C=O) groups excluding carboxylic acids is 1. The summed E-state index contributed by atoms with van der Waals surface area (Å²) in [7, 11) is 0. The van der Waals surface area contributed by atoms with Gasteiger partial charge in [-0.3, -0.25) is 20.5 Å². The summed E-state index contributed by atoms with van der Waals surface area (Å²) in [6, 6.07) is 14.4. The number of nitrogen functional groups attached to an aromatic ring is 1. The zero-order valence-electron chi connectivity index (χ0n) is 19.5. The van der Waals surface area contributed by atoms with Crippen LogP contribution in [-0.2, 0) is 6.54 Å². The molecule has 4 aromatic rings. The molecule has 1 aliphatic heterocycles. The average molecular weight is 493 g/mol. The number of piperazine rings is 1. The molecule has 0 radical (unpaired) electrons. The SMILES string of the molecule is Nc1nc(NNC(=O)c2ccccc2)c2ccn(CCN3CCN(c4ccc(F)cc4F)CC3)c2n1. The third-order valence-electron chi connectivity index (χ3n) is 6.25. The van der Waals surface area contributed by atoms with Crippen molar-refractivity contribution >= 4 is 34.4 Å². The van der Waals surface area contributed by atoms with Crippen molar-refractivity contribution in [2.75, 3.05) is 48.8 Å². The maximum Gasteiger partial charge on any atom is 0.269 e. The molecule has 1 saturated heterocycles. The Morgan fingerprint density at radius 2 is 1.75 bits per heavy atom. The first kappa shape index (κ1) is 23.5. The fraction of sp³-hybridized carbons (Fsp3) is 0.240. The molecule has 9 nitrogen and oxygen atoms in total. The van der Waals surface area contributed by atoms with Gasteiger partial charge in [0.2, 0.25) is 5.95 Å². The van der Waals surface area contributed by atoms with E-state index in [-0.39, 0.29) is 11.9 Å². The van der Waals surface area contributed by atoms with Crippen LogP contribution in [0.15, 0.2) is 60.8 Å². The molecule has 0 spiro atoms. The highest BCUT2D eigenvalue weighted by molar-refractivity contribution is 5.96. The van der Waals surface area contributed by atoms with Gasteiger partial charge in [-0.25, -0.2) is 8.78 Å². The second-order valence-electron chi connectivity index (χ2n) is 8.55. The highest BCUT2D eigenvalue weighted by Crippen LogP contribution is 2.23. The molecule has 3 heterocycles. The summed E-state index contributed by atoms with van der Waals surface area (Å²) in [5.74, 6) is -0.900. The quantitative estimate of drug-likeness (QED) is 0.341. The molecule has 4 N–H and O–H groups in total. The summed E-state index contributed by atoms with van der Waals surface area (Å²) in [5.41, 5.74) is 13.1. The Kier molecular flexibility index (Phi) is 6.63. The highest BCUT2D eigenvalue weighted by atomic mass is 19.1. The predicted octanol–water partition coefficient (Wildman–Crippen LogP) is 2.87. The van der Waals surface area contributed by atoms with Crippen molar-refractivity contribution in [1.29, 1.82) is 0 Å². The van der Waals surface area contributed by atoms with Gasteiger partial charge in [0.1, 0.15) is 17.3 Å². The van der Waals surface area contributed by atoms with Crippen LogP contribution in [0.4, 0.5) is 26.2 Å². The second-order valence-corrected chi connectivity index (χ2v) is 8.55. The van der Waals surface area contributed by atoms with Crippen LogP contribution in [-0.4, -0.2) is 58.1 Å². The van der Waals surface area contributed by atoms with Gasteiger partial charge in [0.25, 0.3) is 5.91 Å². The molecule has 11 heteroatoms. The monoisotopic (exact) mass is 492 g/mol. The van der Waals surface area contributed by atoms with Gasteiger partial charge in [0, 0.05) is 57.1 Å². The van der Waals surface area contributed by atoms with E-state index in [0.717, 1.165) is 31.1 Å². The van der Waals surface area contributed by atoms with Crippen LogP contribution in [0.25, 0.3) is 11.0 Å². The van der Waals surface area contributed by atoms with Gasteiger partial charge < -0.3 is 15.2 Å². The van der Waals surface area contributed by atoms with Crippen molar-refractivity contribution in [1.82, 2.24) is 24.9 Å². The van der Waals surface area contributed by atoms with Gasteiger partial charge in [-0.1, -0.05) is 18.2 Å². The number of fused-ring (bicyclic) bond motifs is 1. The number of rotatable bonds is 7. The van der Waals surface area contributed by atoms with Gasteiger partial charge in [-0.05, 0) is 30.3 Å². The number of halogens is 2. The Morgan fingerprint density at radius 1 is 0.972 bits per heavy atom. The van der Waals surface area contributed by atoms with Gasteiger partial charge in [0.05, 0.1) is 11.1 Å². The number of hydrazine groups is 1. The predicted molar refractivity (Wildman–Crippen MR) is 134 cm³/mol. The van der Waals surface area contributed by atoms with Gasteiger partial charge in [-0.15, -0.1) is 0 Å². The summed E-state index contributed by atoms with van der Waals surface area (Å²) in [6.07, 6.45) is 1.91. The molecule has 2 aromatic carbocycles. The first-order valence-corrected chi connectivity index (χ1v) is 11.6. The fourth-order valence-electron chi connectivity index (χ4n) is 4.33. The van der Waals surface area contributed by atoms with Crippen molar-refractivity contribution < 1.29 is 13.6 Å². The van der Waals surface area contributed by atoms with Crippen LogP contribution >= 0.6 is 0 Å². The number of anilines is 3. The first-order valence-electron chi connectivity index (χ1n) is 11.6. The smallest absolute Gasteiger partial charge is 0.269 e. The summed E-state index contributed by atoms with van der Waals surface area (Å²) in [5, 5.41) is 0.731. The summed E-state index contributed by atoms with van der Waals surface area (Å²) in [4.78, 5) is 25.2. The number of nitrogens with two attached hydrogens (primary N) is 1. The summed E-state index contributed by atoms with van der Waals surface area (Å²) >= 11 is 0. The lowest BCUT2D eigenvalue weighted by atomic mass is 10.2. The third kappa shape index (κ3) is 5.05. The number of aromatic nitrogens is 3. The number of hydrogen-bond donors (Lipinski definition) is 3. The number of hydrogen-bond acceptors (Lipinski definition) is 7. The largest absolute Gasteiger partial charge is 0.368 e. The normalized spacial score (nSPS) is 14.2. The zero-order chi connectivity index (χ0) is 25.1. The molecule has 0 aliphatic carbocycles. The van der Waals surface area contributed by atoms with Crippen LogP contribution in [0.3, 0.4) is 0 Å². The van der Waals surface area contributed by atoms with E-state index in [2.05, 4.69) is 25.7 Å². The molecule has 0 atom stereocenters. The Balaban J connectivity index is 1.20. The standard InChI is InChI=1S/C25H26F2N8O/c26-18-6-7-21(20(27)16-18)34-13-10-33(11-14-34)12-15-35-9-8-19-22(29-25(28)30-23(19)35)31-32-24(36)17-4-2-1-3-5-17/h1-9,16H,10-15H2,(H,32,36)(H3,28,29,30,31). The minimum atomic E-state index is -0.574. The first-order chi connectivity index (χ1) is 17.5. The molecule has 0 unspecified atom stereocenters. The number of benzene rings is 2. The van der Waals surface area contributed by atoms with Crippen molar-refractivity contribution in [3.05, 3.63) is 78.0 Å². The lowest BCUT2D eigenvalue weighted by Gasteiger charge is -2.36. The minimum absolute atomic E-state index is 0.0915. The number of nitrogens with one attached hydrogen (secondary N) is 2. The van der Waals surface area contributed by atoms with E-state index in [4.69, 9.17) is 5.73 Å². The van der Waals surface area contributed by atoms with E-state index in [1.54, 1.807) is 24.3 Å². The molecule has 1 amide bonds. The van der Waals surface area contributed by atoms with Crippen molar-refractivity contribution in [2.45, 2.75) is 6.54 Å². The van der Waals surface area contributed by atoms with Crippen molar-refractivity contribution in [3.63, 3.8) is 0 Å². The second kappa shape index (κ2) is 10.2. The zero-order valence-corrected chi connectivity index (χ0v) is 19.5. The van der Waals surface area contributed by atoms with Crippen LogP contribution < -0.4 is 21.5 Å². The molecule has 186 valence electrons. The van der Waals surface area contributed by atoms with E-state index < -0.39 is 11.6 Å². The Bertz CT molecular complexity index is 1370. The van der Waals surface area contributed by atoms with E-state index >= 15 is 0 Å². The molecule has 1 aliphatic rings. The Labute approximate surface area is 206 Å². The molecule has 36 heavy (non-hydrogen) atoms. The van der Waals surface area contributed by atoms with Crippen LogP contribution in [0.1, 0.15) is 10.4 Å². The lowest BCUT2D eigenvalue weighted by Crippen LogP contribution is -2.47. The topological polar surface area (TPSA) is 104 Å². The molecular weight excluding hydrogens is 466 g/mol. The van der Waals surface area contributed by atoms with E-state index in [1.807, 2.05) is 27.8 Å². The van der Waals surface area contributed by atoms with Gasteiger partial charge >= 0.3 is 0 Å². The maximum absolute atomic E-state index is 14.1. The molecule has 5 rings (SSSR count). The fourth-order valence-corrected chi connectivity index (χ4v) is 4.33. The lowest BCUT2D eigenvalue weighted by molar-refractivity contribution is 0.0962. The third-order valence-corrected chi connectivity index (χ3v) is 6.25. The Hall–Kier alpha value is -4.25. The summed E-state index contributed by atoms with van der Waals surface area (Å²) in [6.45, 7) is 4.25. The van der Waals surface area contributed by atoms with Crippen molar-refractivity contribution in [3.8, 4) is 0 Å². The van der Waals surface area contributed by atoms with Gasteiger partial charge in [0.15, 0.2) is 5.82 Å². The highest BCUT2D eigenvalue weighted by Gasteiger charge is 2.20. The van der Waals surface area contributed by atoms with Crippen molar-refractivity contribution in [2.24, 2.45) is 0 Å². The molecule has 1 fully saturated rings. The summed E-state index contributed by atoms with van der Waals surface area (Å²) < 4.78 is 29.3. The van der Waals surface area contributed by atoms with Gasteiger partial charge in [-0.2, -0.15) is 9.97 Å². The molecule has 0 bridgehead atoms. The number of carbonyl (C=O) groups is 1. The van der Waals surface area contributed by atoms with E-state index in [0.29, 0.717) is 42.4 Å². The average Bonchev–Trinajstić information content (AvgIpc) is 3.29. The number of amides is 1. The maximum atomic E-state index is 14.1. The Morgan fingerprint density at radius 3 is 2.50 bits per heavy atom. The molecule has 2 aromatic heterocycles. The van der Waals surface area contributed by atoms with E-state index in [1.165, 1.54) is 12.1 Å². The molecule has 0 saturated carbocycles.